The Labute approximate surface area is 102 Å². The monoisotopic (exact) mass is 277 g/mol. The number of carbonyl (C=O) groups is 1. The molecule has 0 aliphatic rings. The van der Waals surface area contributed by atoms with Gasteiger partial charge in [-0.3, -0.25) is 10.1 Å². The van der Waals surface area contributed by atoms with Gasteiger partial charge < -0.3 is 4.74 Å². The predicted octanol–water partition coefficient (Wildman–Crippen LogP) is 2.45. The van der Waals surface area contributed by atoms with Crippen molar-refractivity contribution >= 4 is 33.7 Å². The van der Waals surface area contributed by atoms with Crippen LogP contribution >= 0.6 is 22.7 Å². The van der Waals surface area contributed by atoms with Crippen molar-refractivity contribution in [1.29, 1.82) is 0 Å². The molecular formula is C8H5F2N3O2S2. The molecule has 0 radical (unpaired) electrons. The summed E-state index contributed by atoms with van der Waals surface area (Å²) >= 11 is 2.14. The van der Waals surface area contributed by atoms with Crippen molar-refractivity contribution in [2.24, 2.45) is 0 Å². The number of aromatic nitrogens is 2. The van der Waals surface area contributed by atoms with Crippen molar-refractivity contribution in [1.82, 2.24) is 10.2 Å². The largest absolute Gasteiger partial charge is 0.433 e. The van der Waals surface area contributed by atoms with Gasteiger partial charge in [0.2, 0.25) is 5.13 Å². The van der Waals surface area contributed by atoms with Crippen LogP contribution in [-0.2, 0) is 0 Å². The van der Waals surface area contributed by atoms with Gasteiger partial charge in [0, 0.05) is 0 Å². The van der Waals surface area contributed by atoms with Gasteiger partial charge in [0.1, 0.15) is 16.1 Å². The van der Waals surface area contributed by atoms with Crippen LogP contribution in [0.1, 0.15) is 9.67 Å². The van der Waals surface area contributed by atoms with Crippen molar-refractivity contribution < 1.29 is 18.3 Å². The minimum Gasteiger partial charge on any atom is -0.433 e. The van der Waals surface area contributed by atoms with Gasteiger partial charge >= 0.3 is 6.61 Å². The van der Waals surface area contributed by atoms with E-state index in [-0.39, 0.29) is 10.6 Å². The van der Waals surface area contributed by atoms with Crippen LogP contribution in [0.5, 0.6) is 5.75 Å². The molecule has 2 rings (SSSR count). The molecule has 1 amide bonds. The Morgan fingerprint density at radius 1 is 1.47 bits per heavy atom. The SMILES string of the molecule is O=C(Nc1nncs1)c1sccc1OC(F)F. The lowest BCUT2D eigenvalue weighted by atomic mass is 10.4. The fraction of sp³-hybridized carbons (Fsp3) is 0.125. The van der Waals surface area contributed by atoms with Crippen LogP contribution in [0.2, 0.25) is 0 Å². The first-order chi connectivity index (χ1) is 8.16. The molecule has 17 heavy (non-hydrogen) atoms. The first-order valence-electron chi connectivity index (χ1n) is 4.26. The summed E-state index contributed by atoms with van der Waals surface area (Å²) in [5.41, 5.74) is 1.45. The van der Waals surface area contributed by atoms with Gasteiger partial charge in [0.05, 0.1) is 0 Å². The molecule has 0 aromatic carbocycles. The van der Waals surface area contributed by atoms with Crippen LogP contribution in [0.4, 0.5) is 13.9 Å². The Bertz CT molecular complexity index is 501. The Morgan fingerprint density at radius 2 is 2.29 bits per heavy atom. The van der Waals surface area contributed by atoms with E-state index in [0.717, 1.165) is 22.7 Å². The minimum atomic E-state index is -2.96. The molecule has 2 aromatic heterocycles. The zero-order valence-electron chi connectivity index (χ0n) is 8.09. The number of ether oxygens (including phenoxy) is 1. The Morgan fingerprint density at radius 3 is 2.94 bits per heavy atom. The van der Waals surface area contributed by atoms with E-state index in [2.05, 4.69) is 20.3 Å². The number of halogens is 2. The third-order valence-corrected chi connectivity index (χ3v) is 3.13. The van der Waals surface area contributed by atoms with E-state index >= 15 is 0 Å². The van der Waals surface area contributed by atoms with Crippen molar-refractivity contribution in [2.75, 3.05) is 5.32 Å². The summed E-state index contributed by atoms with van der Waals surface area (Å²) in [5.74, 6) is -0.695. The van der Waals surface area contributed by atoms with E-state index < -0.39 is 12.5 Å². The minimum absolute atomic E-state index is 0.0699. The maximum absolute atomic E-state index is 12.0. The van der Waals surface area contributed by atoms with Gasteiger partial charge in [-0.2, -0.15) is 8.78 Å². The summed E-state index contributed by atoms with van der Waals surface area (Å²) < 4.78 is 28.3. The first kappa shape index (κ1) is 11.9. The fourth-order valence-corrected chi connectivity index (χ4v) is 2.19. The molecular weight excluding hydrogens is 272 g/mol. The Kier molecular flexibility index (Phi) is 3.59. The molecule has 0 bridgehead atoms. The van der Waals surface area contributed by atoms with Crippen molar-refractivity contribution in [2.45, 2.75) is 6.61 Å². The summed E-state index contributed by atoms with van der Waals surface area (Å²) in [5, 5.41) is 11.4. The van der Waals surface area contributed by atoms with E-state index in [1.165, 1.54) is 17.0 Å². The van der Waals surface area contributed by atoms with Gasteiger partial charge in [-0.05, 0) is 11.4 Å². The van der Waals surface area contributed by atoms with Crippen LogP contribution in [0, 0.1) is 0 Å². The number of nitrogens with one attached hydrogen (secondary N) is 1. The number of rotatable bonds is 4. The maximum atomic E-state index is 12.0. The average molecular weight is 277 g/mol. The normalized spacial score (nSPS) is 10.5. The topological polar surface area (TPSA) is 64.1 Å². The molecule has 2 aromatic rings. The first-order valence-corrected chi connectivity index (χ1v) is 6.02. The molecule has 1 N–H and O–H groups in total. The predicted molar refractivity (Wildman–Crippen MR) is 58.8 cm³/mol. The highest BCUT2D eigenvalue weighted by molar-refractivity contribution is 7.14. The number of amides is 1. The van der Waals surface area contributed by atoms with Crippen LogP contribution in [-0.4, -0.2) is 22.7 Å². The summed E-state index contributed by atoms with van der Waals surface area (Å²) in [4.78, 5) is 11.8. The highest BCUT2D eigenvalue weighted by Crippen LogP contribution is 2.27. The third-order valence-electron chi connectivity index (χ3n) is 1.63. The number of hydrogen-bond acceptors (Lipinski definition) is 6. The van der Waals surface area contributed by atoms with Crippen LogP contribution in [0.25, 0.3) is 0 Å². The number of nitrogens with zero attached hydrogens (tertiary/aromatic N) is 2. The smallest absolute Gasteiger partial charge is 0.387 e. The molecule has 0 atom stereocenters. The Balaban J connectivity index is 2.11. The molecule has 0 aliphatic carbocycles. The zero-order valence-corrected chi connectivity index (χ0v) is 9.73. The second-order valence-corrected chi connectivity index (χ2v) is 4.44. The lowest BCUT2D eigenvalue weighted by Crippen LogP contribution is -2.12. The summed E-state index contributed by atoms with van der Waals surface area (Å²) in [6.45, 7) is -2.96. The summed E-state index contributed by atoms with van der Waals surface area (Å²) in [6.07, 6.45) is 0. The highest BCUT2D eigenvalue weighted by atomic mass is 32.1. The number of carbonyl (C=O) groups excluding carboxylic acids is 1. The van der Waals surface area contributed by atoms with Crippen molar-refractivity contribution in [3.63, 3.8) is 0 Å². The van der Waals surface area contributed by atoms with Gasteiger partial charge in [-0.25, -0.2) is 0 Å². The molecule has 0 saturated carbocycles. The van der Waals surface area contributed by atoms with E-state index in [1.807, 2.05) is 0 Å². The molecule has 0 fully saturated rings. The molecule has 9 heteroatoms. The average Bonchev–Trinajstić information content (AvgIpc) is 2.87. The lowest BCUT2D eigenvalue weighted by molar-refractivity contribution is -0.0498. The maximum Gasteiger partial charge on any atom is 0.387 e. The molecule has 0 saturated heterocycles. The summed E-state index contributed by atoms with van der Waals surface area (Å²) in [6, 6.07) is 1.31. The van der Waals surface area contributed by atoms with E-state index in [9.17, 15) is 13.6 Å². The Hall–Kier alpha value is -1.61. The van der Waals surface area contributed by atoms with Crippen molar-refractivity contribution in [3.05, 3.63) is 21.8 Å². The van der Waals surface area contributed by atoms with Crippen LogP contribution in [0.3, 0.4) is 0 Å². The van der Waals surface area contributed by atoms with E-state index in [4.69, 9.17) is 0 Å². The number of anilines is 1. The molecule has 0 unspecified atom stereocenters. The molecule has 0 aliphatic heterocycles. The standard InChI is InChI=1S/C8H5F2N3O2S2/c9-7(10)15-4-1-2-16-5(4)6(14)12-8-13-11-3-17-8/h1-3,7H,(H,12,13,14). The van der Waals surface area contributed by atoms with Crippen LogP contribution < -0.4 is 10.1 Å². The van der Waals surface area contributed by atoms with Crippen molar-refractivity contribution in [3.8, 4) is 5.75 Å². The second-order valence-electron chi connectivity index (χ2n) is 2.69. The van der Waals surface area contributed by atoms with Gasteiger partial charge in [0.25, 0.3) is 5.91 Å². The van der Waals surface area contributed by atoms with Gasteiger partial charge in [-0.1, -0.05) is 11.3 Å². The lowest BCUT2D eigenvalue weighted by Gasteiger charge is -2.04. The fourth-order valence-electron chi connectivity index (χ4n) is 1.03. The molecule has 0 spiro atoms. The summed E-state index contributed by atoms with van der Waals surface area (Å²) in [7, 11) is 0. The zero-order chi connectivity index (χ0) is 12.3. The quantitative estimate of drug-likeness (QED) is 0.932. The third kappa shape index (κ3) is 2.94. The molecule has 5 nitrogen and oxygen atoms in total. The van der Waals surface area contributed by atoms with Crippen LogP contribution in [0.15, 0.2) is 17.0 Å². The molecule has 90 valence electrons. The van der Waals surface area contributed by atoms with E-state index in [0.29, 0.717) is 5.13 Å². The molecule has 2 heterocycles. The number of hydrogen-bond donors (Lipinski definition) is 1. The van der Waals surface area contributed by atoms with Gasteiger partial charge in [-0.15, -0.1) is 21.5 Å². The van der Waals surface area contributed by atoms with Gasteiger partial charge in [0.15, 0.2) is 0 Å². The highest BCUT2D eigenvalue weighted by Gasteiger charge is 2.18. The second kappa shape index (κ2) is 5.15. The number of thiophene rings is 1. The number of alkyl halides is 2. The van der Waals surface area contributed by atoms with E-state index in [1.54, 1.807) is 0 Å².